The van der Waals surface area contributed by atoms with Gasteiger partial charge in [0.1, 0.15) is 5.75 Å². The lowest BCUT2D eigenvalue weighted by atomic mass is 10.0. The van der Waals surface area contributed by atoms with Crippen LogP contribution < -0.4 is 10.1 Å². The maximum atomic E-state index is 12.7. The largest absolute Gasteiger partial charge is 0.494 e. The van der Waals surface area contributed by atoms with Crippen LogP contribution in [0.15, 0.2) is 48.5 Å². The van der Waals surface area contributed by atoms with Crippen LogP contribution in [0, 0.1) is 6.92 Å². The molecule has 1 unspecified atom stereocenters. The Morgan fingerprint density at radius 1 is 1.13 bits per heavy atom. The van der Waals surface area contributed by atoms with E-state index in [9.17, 15) is 9.59 Å². The number of benzene rings is 2. The van der Waals surface area contributed by atoms with Crippen LogP contribution in [0.25, 0.3) is 0 Å². The minimum atomic E-state index is -0.195. The third-order valence-electron chi connectivity index (χ3n) is 5.42. The Morgan fingerprint density at radius 3 is 2.50 bits per heavy atom. The predicted octanol–water partition coefficient (Wildman–Crippen LogP) is 3.63. The second kappa shape index (κ2) is 10.3. The molecule has 0 saturated carbocycles. The Bertz CT molecular complexity index is 849. The summed E-state index contributed by atoms with van der Waals surface area (Å²) in [4.78, 5) is 28.7. The van der Waals surface area contributed by atoms with Gasteiger partial charge in [-0.3, -0.25) is 14.5 Å². The second-order valence-electron chi connectivity index (χ2n) is 7.79. The first-order valence-corrected chi connectivity index (χ1v) is 10.5. The molecule has 160 valence electrons. The minimum Gasteiger partial charge on any atom is -0.494 e. The monoisotopic (exact) mass is 409 g/mol. The summed E-state index contributed by atoms with van der Waals surface area (Å²) in [6, 6.07) is 16.0. The lowest BCUT2D eigenvalue weighted by Gasteiger charge is -2.26. The molecule has 1 aliphatic rings. The van der Waals surface area contributed by atoms with Crippen molar-refractivity contribution in [2.45, 2.75) is 32.7 Å². The van der Waals surface area contributed by atoms with E-state index in [0.29, 0.717) is 13.2 Å². The van der Waals surface area contributed by atoms with Crippen molar-refractivity contribution in [2.24, 2.45) is 0 Å². The van der Waals surface area contributed by atoms with Crippen molar-refractivity contribution in [1.29, 1.82) is 0 Å². The summed E-state index contributed by atoms with van der Waals surface area (Å²) >= 11 is 0. The molecule has 1 fully saturated rings. The molecule has 1 N–H and O–H groups in total. The van der Waals surface area contributed by atoms with Gasteiger partial charge in [-0.05, 0) is 63.1 Å². The highest BCUT2D eigenvalue weighted by molar-refractivity contribution is 5.94. The molecule has 1 atom stereocenters. The Balaban J connectivity index is 1.53. The molecule has 6 nitrogen and oxygen atoms in total. The van der Waals surface area contributed by atoms with E-state index in [1.54, 1.807) is 7.05 Å². The summed E-state index contributed by atoms with van der Waals surface area (Å²) in [6.07, 6.45) is 2.08. The molecule has 2 aromatic rings. The van der Waals surface area contributed by atoms with Gasteiger partial charge in [-0.1, -0.05) is 29.8 Å². The fourth-order valence-corrected chi connectivity index (χ4v) is 3.78. The SMILES string of the molecule is CCOc1ccc(C2CCCN2CC(=O)N(C)CC(=O)Nc2ccc(C)cc2)cc1. The van der Waals surface area contributed by atoms with E-state index in [1.807, 2.05) is 50.2 Å². The van der Waals surface area contributed by atoms with Crippen molar-refractivity contribution >= 4 is 17.5 Å². The lowest BCUT2D eigenvalue weighted by Crippen LogP contribution is -2.41. The average molecular weight is 410 g/mol. The standard InChI is InChI=1S/C24H31N3O3/c1-4-30-21-13-9-19(10-14-21)22-6-5-15-27(22)17-24(29)26(3)16-23(28)25-20-11-7-18(2)8-12-20/h7-14,22H,4-6,15-17H2,1-3H3,(H,25,28). The van der Waals surface area contributed by atoms with E-state index in [1.165, 1.54) is 10.5 Å². The number of amides is 2. The second-order valence-corrected chi connectivity index (χ2v) is 7.79. The van der Waals surface area contributed by atoms with Gasteiger partial charge >= 0.3 is 0 Å². The van der Waals surface area contributed by atoms with E-state index >= 15 is 0 Å². The van der Waals surface area contributed by atoms with Crippen molar-refractivity contribution in [3.05, 3.63) is 59.7 Å². The number of anilines is 1. The number of rotatable bonds is 8. The van der Waals surface area contributed by atoms with E-state index in [0.717, 1.165) is 36.4 Å². The molecule has 0 radical (unpaired) electrons. The minimum absolute atomic E-state index is 0.0360. The van der Waals surface area contributed by atoms with Gasteiger partial charge in [-0.25, -0.2) is 0 Å². The van der Waals surface area contributed by atoms with Crippen LogP contribution in [0.2, 0.25) is 0 Å². The van der Waals surface area contributed by atoms with Crippen LogP contribution in [-0.4, -0.2) is 54.9 Å². The smallest absolute Gasteiger partial charge is 0.243 e. The van der Waals surface area contributed by atoms with Gasteiger partial charge < -0.3 is 15.0 Å². The van der Waals surface area contributed by atoms with Crippen molar-refractivity contribution in [1.82, 2.24) is 9.80 Å². The first-order valence-electron chi connectivity index (χ1n) is 10.5. The van der Waals surface area contributed by atoms with E-state index in [-0.39, 0.29) is 24.4 Å². The van der Waals surface area contributed by atoms with Gasteiger partial charge in [-0.2, -0.15) is 0 Å². The third-order valence-corrected chi connectivity index (χ3v) is 5.42. The first kappa shape index (κ1) is 21.8. The molecule has 1 saturated heterocycles. The zero-order valence-corrected chi connectivity index (χ0v) is 18.1. The Hall–Kier alpha value is -2.86. The zero-order chi connectivity index (χ0) is 21.5. The molecule has 3 rings (SSSR count). The number of hydrogen-bond acceptors (Lipinski definition) is 4. The molecular formula is C24H31N3O3. The van der Waals surface area contributed by atoms with E-state index in [2.05, 4.69) is 22.3 Å². The molecule has 2 aromatic carbocycles. The molecule has 2 amide bonds. The summed E-state index contributed by atoms with van der Waals surface area (Å²) < 4.78 is 5.52. The summed E-state index contributed by atoms with van der Waals surface area (Å²) in [5.41, 5.74) is 3.07. The van der Waals surface area contributed by atoms with Crippen LogP contribution in [-0.2, 0) is 9.59 Å². The fraction of sp³-hybridized carbons (Fsp3) is 0.417. The topological polar surface area (TPSA) is 61.9 Å². The van der Waals surface area contributed by atoms with Gasteiger partial charge in [0.25, 0.3) is 0 Å². The van der Waals surface area contributed by atoms with Crippen LogP contribution in [0.4, 0.5) is 5.69 Å². The van der Waals surface area contributed by atoms with Crippen molar-refractivity contribution in [3.63, 3.8) is 0 Å². The van der Waals surface area contributed by atoms with Crippen LogP contribution in [0.1, 0.15) is 36.9 Å². The van der Waals surface area contributed by atoms with Gasteiger partial charge in [0.05, 0.1) is 19.7 Å². The predicted molar refractivity (Wildman–Crippen MR) is 119 cm³/mol. The molecule has 6 heteroatoms. The van der Waals surface area contributed by atoms with Gasteiger partial charge in [0.2, 0.25) is 11.8 Å². The highest BCUT2D eigenvalue weighted by Crippen LogP contribution is 2.32. The zero-order valence-electron chi connectivity index (χ0n) is 18.1. The molecule has 0 aromatic heterocycles. The average Bonchev–Trinajstić information content (AvgIpc) is 3.18. The Kier molecular flexibility index (Phi) is 7.46. The number of hydrogen-bond donors (Lipinski definition) is 1. The Morgan fingerprint density at radius 2 is 1.83 bits per heavy atom. The van der Waals surface area contributed by atoms with Crippen molar-refractivity contribution in [3.8, 4) is 5.75 Å². The van der Waals surface area contributed by atoms with E-state index in [4.69, 9.17) is 4.74 Å². The fourth-order valence-electron chi connectivity index (χ4n) is 3.78. The van der Waals surface area contributed by atoms with Crippen LogP contribution in [0.5, 0.6) is 5.75 Å². The van der Waals surface area contributed by atoms with Crippen LogP contribution in [0.3, 0.4) is 0 Å². The molecule has 30 heavy (non-hydrogen) atoms. The highest BCUT2D eigenvalue weighted by Gasteiger charge is 2.28. The number of ether oxygens (including phenoxy) is 1. The summed E-state index contributed by atoms with van der Waals surface area (Å²) in [7, 11) is 1.68. The van der Waals surface area contributed by atoms with Crippen molar-refractivity contribution in [2.75, 3.05) is 38.6 Å². The number of carbonyl (C=O) groups excluding carboxylic acids is 2. The molecule has 1 aliphatic heterocycles. The van der Waals surface area contributed by atoms with Crippen LogP contribution >= 0.6 is 0 Å². The number of nitrogens with one attached hydrogen (secondary N) is 1. The maximum Gasteiger partial charge on any atom is 0.243 e. The summed E-state index contributed by atoms with van der Waals surface area (Å²) in [5.74, 6) is 0.618. The summed E-state index contributed by atoms with van der Waals surface area (Å²) in [5, 5.41) is 2.84. The third kappa shape index (κ3) is 5.83. The van der Waals surface area contributed by atoms with Gasteiger partial charge in [0.15, 0.2) is 0 Å². The number of nitrogens with zero attached hydrogens (tertiary/aromatic N) is 2. The first-order chi connectivity index (χ1) is 14.5. The van der Waals surface area contributed by atoms with Gasteiger partial charge in [0, 0.05) is 18.8 Å². The summed E-state index contributed by atoms with van der Waals surface area (Å²) in [6.45, 7) is 5.84. The van der Waals surface area contributed by atoms with Gasteiger partial charge in [-0.15, -0.1) is 0 Å². The Labute approximate surface area is 178 Å². The molecule has 0 bridgehead atoms. The number of likely N-dealkylation sites (tertiary alicyclic amines) is 1. The molecule has 1 heterocycles. The number of likely N-dealkylation sites (N-methyl/N-ethyl adjacent to an activating group) is 1. The number of carbonyl (C=O) groups is 2. The van der Waals surface area contributed by atoms with Crippen molar-refractivity contribution < 1.29 is 14.3 Å². The maximum absolute atomic E-state index is 12.7. The number of aryl methyl sites for hydroxylation is 1. The molecule has 0 aliphatic carbocycles. The van der Waals surface area contributed by atoms with E-state index < -0.39 is 0 Å². The highest BCUT2D eigenvalue weighted by atomic mass is 16.5. The quantitative estimate of drug-likeness (QED) is 0.723. The molecule has 0 spiro atoms. The lowest BCUT2D eigenvalue weighted by molar-refractivity contribution is -0.134. The normalized spacial score (nSPS) is 16.3. The molecular weight excluding hydrogens is 378 g/mol.